The molecule has 0 saturated carbocycles. The van der Waals surface area contributed by atoms with Crippen molar-refractivity contribution in [2.75, 3.05) is 13.2 Å². The van der Waals surface area contributed by atoms with Crippen molar-refractivity contribution >= 4 is 6.09 Å². The summed E-state index contributed by atoms with van der Waals surface area (Å²) < 4.78 is 10.9. The molecule has 1 aromatic rings. The molecule has 3 aliphatic rings. The van der Waals surface area contributed by atoms with E-state index < -0.39 is 5.60 Å². The van der Waals surface area contributed by atoms with Gasteiger partial charge >= 0.3 is 6.09 Å². The summed E-state index contributed by atoms with van der Waals surface area (Å²) in [5, 5.41) is 11.3. The van der Waals surface area contributed by atoms with Crippen LogP contribution in [0, 0.1) is 5.41 Å². The van der Waals surface area contributed by atoms with Crippen LogP contribution in [0.2, 0.25) is 0 Å². The summed E-state index contributed by atoms with van der Waals surface area (Å²) in [7, 11) is 0. The van der Waals surface area contributed by atoms with Crippen molar-refractivity contribution in [1.29, 1.82) is 0 Å². The first kappa shape index (κ1) is 17.8. The van der Waals surface area contributed by atoms with E-state index in [1.165, 1.54) is 0 Å². The van der Waals surface area contributed by atoms with Gasteiger partial charge in [-0.25, -0.2) is 4.79 Å². The fraction of sp³-hybridized carbons (Fsp3) is 0.667. The Morgan fingerprint density at radius 1 is 1.23 bits per heavy atom. The molecule has 3 aliphatic heterocycles. The summed E-state index contributed by atoms with van der Waals surface area (Å²) in [4.78, 5) is 14.7. The first-order chi connectivity index (χ1) is 12.5. The summed E-state index contributed by atoms with van der Waals surface area (Å²) >= 11 is 0. The van der Waals surface area contributed by atoms with Gasteiger partial charge in [0.15, 0.2) is 0 Å². The van der Waals surface area contributed by atoms with E-state index in [1.807, 2.05) is 35.2 Å². The lowest BCUT2D eigenvalue weighted by Crippen LogP contribution is -2.61. The molecule has 0 aromatic heterocycles. The number of hydrogen-bond acceptors (Lipinski definition) is 4. The number of carbonyl (C=O) groups excluding carboxylic acids is 1. The molecule has 0 aliphatic carbocycles. The fourth-order valence-electron chi connectivity index (χ4n) is 5.11. The van der Waals surface area contributed by atoms with E-state index >= 15 is 0 Å². The zero-order valence-corrected chi connectivity index (χ0v) is 15.5. The maximum absolute atomic E-state index is 12.8. The summed E-state index contributed by atoms with van der Waals surface area (Å²) in [6.45, 7) is 3.95. The van der Waals surface area contributed by atoms with Gasteiger partial charge in [0.1, 0.15) is 6.61 Å². The Balaban J connectivity index is 1.41. The van der Waals surface area contributed by atoms with Crippen LogP contribution in [0.4, 0.5) is 4.79 Å². The molecule has 3 saturated heterocycles. The van der Waals surface area contributed by atoms with Crippen molar-refractivity contribution in [3.05, 3.63) is 35.9 Å². The maximum atomic E-state index is 12.8. The molecule has 142 valence electrons. The second-order valence-corrected chi connectivity index (χ2v) is 8.80. The van der Waals surface area contributed by atoms with Crippen LogP contribution < -0.4 is 0 Å². The van der Waals surface area contributed by atoms with Crippen molar-refractivity contribution < 1.29 is 19.4 Å². The van der Waals surface area contributed by atoms with E-state index in [1.54, 1.807) is 0 Å². The predicted octanol–water partition coefficient (Wildman–Crippen LogP) is 3.50. The Morgan fingerprint density at radius 3 is 2.46 bits per heavy atom. The Bertz CT molecular complexity index is 629. The third-order valence-electron chi connectivity index (χ3n) is 6.17. The second-order valence-electron chi connectivity index (χ2n) is 8.80. The van der Waals surface area contributed by atoms with Gasteiger partial charge in [-0.1, -0.05) is 37.3 Å². The highest BCUT2D eigenvalue weighted by molar-refractivity contribution is 5.69. The summed E-state index contributed by atoms with van der Waals surface area (Å²) in [6.07, 6.45) is 4.86. The standard InChI is InChI=1S/C21H29NO4/c1-20(14-25-15-20)13-21(24)10-17-8-5-9-18(11-21)22(17)19(23)26-12-16-6-3-2-4-7-16/h2-4,6-7,17-18,24H,5,8-15H2,1H3. The summed E-state index contributed by atoms with van der Waals surface area (Å²) in [5.74, 6) is 0. The molecule has 3 heterocycles. The highest BCUT2D eigenvalue weighted by Gasteiger charge is 2.51. The van der Waals surface area contributed by atoms with Crippen molar-refractivity contribution in [2.24, 2.45) is 5.41 Å². The number of carbonyl (C=O) groups is 1. The van der Waals surface area contributed by atoms with Gasteiger partial charge in [0.05, 0.1) is 18.8 Å². The van der Waals surface area contributed by atoms with E-state index in [9.17, 15) is 9.90 Å². The van der Waals surface area contributed by atoms with Gasteiger partial charge in [-0.3, -0.25) is 0 Å². The lowest BCUT2D eigenvalue weighted by molar-refractivity contribution is -0.165. The lowest BCUT2D eigenvalue weighted by atomic mass is 9.68. The second kappa shape index (κ2) is 6.86. The molecule has 2 unspecified atom stereocenters. The number of fused-ring (bicyclic) bond motifs is 2. The number of amides is 1. The number of hydrogen-bond donors (Lipinski definition) is 1. The highest BCUT2D eigenvalue weighted by atomic mass is 16.6. The van der Waals surface area contributed by atoms with Crippen LogP contribution >= 0.6 is 0 Å². The molecule has 3 fully saturated rings. The number of rotatable bonds is 4. The van der Waals surface area contributed by atoms with Gasteiger partial charge in [-0.05, 0) is 44.1 Å². The van der Waals surface area contributed by atoms with Crippen molar-refractivity contribution in [2.45, 2.75) is 69.7 Å². The average molecular weight is 359 g/mol. The molecule has 1 aromatic carbocycles. The van der Waals surface area contributed by atoms with E-state index in [-0.39, 0.29) is 23.6 Å². The molecule has 26 heavy (non-hydrogen) atoms. The topological polar surface area (TPSA) is 59.0 Å². The third kappa shape index (κ3) is 3.60. The molecule has 2 atom stereocenters. The van der Waals surface area contributed by atoms with Crippen molar-refractivity contribution in [1.82, 2.24) is 4.90 Å². The Labute approximate surface area is 155 Å². The molecular weight excluding hydrogens is 330 g/mol. The van der Waals surface area contributed by atoms with Gasteiger partial charge in [-0.15, -0.1) is 0 Å². The molecule has 5 heteroatoms. The summed E-state index contributed by atoms with van der Waals surface area (Å²) in [5.41, 5.74) is 0.390. The Kier molecular flexibility index (Phi) is 4.70. The SMILES string of the molecule is CC1(CC2(O)CC3CCCC(C2)N3C(=O)OCc2ccccc2)COC1. The number of aliphatic hydroxyl groups is 1. The normalized spacial score (nSPS) is 32.6. The van der Waals surface area contributed by atoms with E-state index in [0.29, 0.717) is 19.4 Å². The van der Waals surface area contributed by atoms with Crippen LogP contribution in [-0.4, -0.2) is 47.0 Å². The molecule has 5 nitrogen and oxygen atoms in total. The minimum absolute atomic E-state index is 0.0824. The van der Waals surface area contributed by atoms with Gasteiger partial charge in [0.2, 0.25) is 0 Å². The van der Waals surface area contributed by atoms with E-state index in [0.717, 1.165) is 44.5 Å². The number of piperidine rings is 2. The van der Waals surface area contributed by atoms with Gasteiger partial charge in [-0.2, -0.15) is 0 Å². The van der Waals surface area contributed by atoms with Crippen molar-refractivity contribution in [3.8, 4) is 0 Å². The van der Waals surface area contributed by atoms with Crippen molar-refractivity contribution in [3.63, 3.8) is 0 Å². The van der Waals surface area contributed by atoms with Crippen LogP contribution in [0.3, 0.4) is 0 Å². The zero-order chi connectivity index (χ0) is 18.2. The molecular formula is C21H29NO4. The largest absolute Gasteiger partial charge is 0.445 e. The maximum Gasteiger partial charge on any atom is 0.410 e. The first-order valence-corrected chi connectivity index (χ1v) is 9.76. The van der Waals surface area contributed by atoms with Gasteiger partial charge in [0, 0.05) is 17.5 Å². The third-order valence-corrected chi connectivity index (χ3v) is 6.17. The Hall–Kier alpha value is -1.59. The molecule has 4 rings (SSSR count). The average Bonchev–Trinajstić information content (AvgIpc) is 2.58. The highest BCUT2D eigenvalue weighted by Crippen LogP contribution is 2.46. The zero-order valence-electron chi connectivity index (χ0n) is 15.5. The molecule has 1 N–H and O–H groups in total. The summed E-state index contributed by atoms with van der Waals surface area (Å²) in [6, 6.07) is 9.94. The molecule has 2 bridgehead atoms. The monoisotopic (exact) mass is 359 g/mol. The van der Waals surface area contributed by atoms with Crippen LogP contribution in [-0.2, 0) is 16.1 Å². The smallest absolute Gasteiger partial charge is 0.410 e. The van der Waals surface area contributed by atoms with Crippen LogP contribution in [0.5, 0.6) is 0 Å². The molecule has 1 amide bonds. The van der Waals surface area contributed by atoms with Gasteiger partial charge in [0.25, 0.3) is 0 Å². The minimum atomic E-state index is -0.690. The van der Waals surface area contributed by atoms with E-state index in [2.05, 4.69) is 6.92 Å². The minimum Gasteiger partial charge on any atom is -0.445 e. The van der Waals surface area contributed by atoms with Crippen LogP contribution in [0.1, 0.15) is 51.0 Å². The van der Waals surface area contributed by atoms with Crippen LogP contribution in [0.15, 0.2) is 30.3 Å². The fourth-order valence-corrected chi connectivity index (χ4v) is 5.11. The first-order valence-electron chi connectivity index (χ1n) is 9.76. The lowest BCUT2D eigenvalue weighted by Gasteiger charge is -2.54. The molecule has 0 spiro atoms. The predicted molar refractivity (Wildman–Crippen MR) is 97.6 cm³/mol. The number of nitrogens with zero attached hydrogens (tertiary/aromatic N) is 1. The molecule has 0 radical (unpaired) electrons. The van der Waals surface area contributed by atoms with Gasteiger partial charge < -0.3 is 19.5 Å². The van der Waals surface area contributed by atoms with Crippen LogP contribution in [0.25, 0.3) is 0 Å². The van der Waals surface area contributed by atoms with E-state index in [4.69, 9.17) is 9.47 Å². The quantitative estimate of drug-likeness (QED) is 0.894. The Morgan fingerprint density at radius 2 is 1.88 bits per heavy atom. The number of ether oxygens (including phenoxy) is 2. The number of benzene rings is 1.